The Hall–Kier alpha value is -2.21. The SMILES string of the molecule is Nc1nc(F)nc2c1nc(Cc1cc3c(cc1I)OCO3)n2CCNCC1CC1. The van der Waals surface area contributed by atoms with Crippen molar-refractivity contribution in [2.45, 2.75) is 25.8 Å². The molecule has 1 aliphatic carbocycles. The Labute approximate surface area is 180 Å². The smallest absolute Gasteiger partial charge is 0.312 e. The molecule has 0 unspecified atom stereocenters. The Morgan fingerprint density at radius 3 is 2.79 bits per heavy atom. The summed E-state index contributed by atoms with van der Waals surface area (Å²) >= 11 is 2.27. The Balaban J connectivity index is 1.48. The van der Waals surface area contributed by atoms with Crippen LogP contribution in [0.3, 0.4) is 0 Å². The van der Waals surface area contributed by atoms with Crippen LogP contribution < -0.4 is 20.5 Å². The van der Waals surface area contributed by atoms with Gasteiger partial charge in [-0.1, -0.05) is 0 Å². The lowest BCUT2D eigenvalue weighted by Crippen LogP contribution is -2.23. The van der Waals surface area contributed by atoms with Crippen molar-refractivity contribution in [1.29, 1.82) is 0 Å². The van der Waals surface area contributed by atoms with Crippen molar-refractivity contribution in [3.8, 4) is 11.5 Å². The van der Waals surface area contributed by atoms with E-state index < -0.39 is 6.08 Å². The molecule has 29 heavy (non-hydrogen) atoms. The van der Waals surface area contributed by atoms with Crippen LogP contribution in [0.15, 0.2) is 12.1 Å². The van der Waals surface area contributed by atoms with Crippen LogP contribution in [0, 0.1) is 15.6 Å². The minimum Gasteiger partial charge on any atom is -0.454 e. The summed E-state index contributed by atoms with van der Waals surface area (Å²) in [4.78, 5) is 12.3. The van der Waals surface area contributed by atoms with Crippen molar-refractivity contribution in [1.82, 2.24) is 24.8 Å². The zero-order valence-electron chi connectivity index (χ0n) is 15.6. The summed E-state index contributed by atoms with van der Waals surface area (Å²) in [5.41, 5.74) is 7.82. The summed E-state index contributed by atoms with van der Waals surface area (Å²) in [5.74, 6) is 3.07. The molecule has 0 spiro atoms. The van der Waals surface area contributed by atoms with Gasteiger partial charge >= 0.3 is 6.08 Å². The number of nitrogens with one attached hydrogen (secondary N) is 1. The van der Waals surface area contributed by atoms with Crippen LogP contribution in [0.2, 0.25) is 0 Å². The fraction of sp³-hybridized carbons (Fsp3) is 0.421. The Kier molecular flexibility index (Phi) is 4.90. The molecule has 0 atom stereocenters. The molecule has 3 N–H and O–H groups in total. The van der Waals surface area contributed by atoms with E-state index in [2.05, 4.69) is 42.9 Å². The number of hydrogen-bond donors (Lipinski definition) is 2. The normalized spacial score (nSPS) is 15.4. The van der Waals surface area contributed by atoms with Crippen LogP contribution in [0.1, 0.15) is 24.2 Å². The lowest BCUT2D eigenvalue weighted by molar-refractivity contribution is 0.174. The van der Waals surface area contributed by atoms with Gasteiger partial charge < -0.3 is 25.1 Å². The zero-order valence-corrected chi connectivity index (χ0v) is 17.8. The molecule has 1 saturated carbocycles. The number of benzene rings is 1. The second kappa shape index (κ2) is 7.56. The maximum absolute atomic E-state index is 13.8. The molecule has 0 saturated heterocycles. The van der Waals surface area contributed by atoms with Crippen molar-refractivity contribution < 1.29 is 13.9 Å². The van der Waals surface area contributed by atoms with Gasteiger partial charge in [-0.05, 0) is 65.6 Å². The van der Waals surface area contributed by atoms with Gasteiger partial charge in [0.2, 0.25) is 6.79 Å². The molecule has 1 aromatic carbocycles. The van der Waals surface area contributed by atoms with E-state index in [0.717, 1.165) is 45.5 Å². The van der Waals surface area contributed by atoms with E-state index >= 15 is 0 Å². The molecule has 2 aromatic heterocycles. The van der Waals surface area contributed by atoms with Crippen molar-refractivity contribution in [3.63, 3.8) is 0 Å². The standard InChI is InChI=1S/C19H20FIN6O2/c20-19-25-17(22)16-18(26-19)27(4-3-23-8-10-1-2-10)15(24-16)6-11-5-13-14(7-12(11)21)29-9-28-13/h5,7,10,23H,1-4,6,8-9H2,(H2,22,25,26). The maximum atomic E-state index is 13.8. The van der Waals surface area contributed by atoms with E-state index in [1.54, 1.807) is 0 Å². The molecule has 0 amide bonds. The van der Waals surface area contributed by atoms with Crippen LogP contribution in [-0.4, -0.2) is 39.4 Å². The third-order valence-corrected chi connectivity index (χ3v) is 6.21. The number of ether oxygens (including phenoxy) is 2. The van der Waals surface area contributed by atoms with E-state index in [1.165, 1.54) is 12.8 Å². The molecule has 0 bridgehead atoms. The fourth-order valence-electron chi connectivity index (χ4n) is 3.49. The zero-order chi connectivity index (χ0) is 20.0. The first-order chi connectivity index (χ1) is 14.1. The Morgan fingerprint density at radius 2 is 2.00 bits per heavy atom. The summed E-state index contributed by atoms with van der Waals surface area (Å²) in [5, 5.41) is 3.46. The van der Waals surface area contributed by atoms with Gasteiger partial charge in [0, 0.05) is 23.1 Å². The summed E-state index contributed by atoms with van der Waals surface area (Å²) in [6.45, 7) is 2.60. The number of fused-ring (bicyclic) bond motifs is 2. The highest BCUT2D eigenvalue weighted by atomic mass is 127. The number of nitrogens with zero attached hydrogens (tertiary/aromatic N) is 4. The molecule has 2 aliphatic rings. The highest BCUT2D eigenvalue weighted by Crippen LogP contribution is 2.36. The van der Waals surface area contributed by atoms with Gasteiger partial charge in [0.05, 0.1) is 0 Å². The molecule has 3 aromatic rings. The van der Waals surface area contributed by atoms with Crippen LogP contribution >= 0.6 is 22.6 Å². The molecule has 5 rings (SSSR count). The summed E-state index contributed by atoms with van der Waals surface area (Å²) in [6, 6.07) is 3.92. The number of halogens is 2. The lowest BCUT2D eigenvalue weighted by Gasteiger charge is -2.11. The summed E-state index contributed by atoms with van der Waals surface area (Å²) in [7, 11) is 0. The minimum atomic E-state index is -0.841. The largest absolute Gasteiger partial charge is 0.454 e. The second-order valence-electron chi connectivity index (χ2n) is 7.35. The molecule has 10 heteroatoms. The molecule has 152 valence electrons. The molecule has 3 heterocycles. The third kappa shape index (κ3) is 3.82. The molecule has 1 aliphatic heterocycles. The van der Waals surface area contributed by atoms with Crippen LogP contribution in [0.25, 0.3) is 11.2 Å². The monoisotopic (exact) mass is 510 g/mol. The Morgan fingerprint density at radius 1 is 1.21 bits per heavy atom. The number of aromatic nitrogens is 4. The number of rotatable bonds is 7. The van der Waals surface area contributed by atoms with E-state index in [1.807, 2.05) is 16.7 Å². The van der Waals surface area contributed by atoms with Gasteiger partial charge in [0.15, 0.2) is 28.5 Å². The molecule has 0 radical (unpaired) electrons. The average molecular weight is 510 g/mol. The quantitative estimate of drug-likeness (QED) is 0.286. The van der Waals surface area contributed by atoms with E-state index in [-0.39, 0.29) is 12.6 Å². The van der Waals surface area contributed by atoms with Crippen LogP contribution in [0.5, 0.6) is 11.5 Å². The van der Waals surface area contributed by atoms with Gasteiger partial charge in [-0.3, -0.25) is 0 Å². The van der Waals surface area contributed by atoms with Crippen molar-refractivity contribution in [2.75, 3.05) is 25.6 Å². The second-order valence-corrected chi connectivity index (χ2v) is 8.51. The Bertz CT molecular complexity index is 1080. The molecule has 8 nitrogen and oxygen atoms in total. The van der Waals surface area contributed by atoms with Crippen molar-refractivity contribution in [3.05, 3.63) is 33.2 Å². The van der Waals surface area contributed by atoms with Gasteiger partial charge in [-0.2, -0.15) is 14.4 Å². The molecule has 1 fully saturated rings. The minimum absolute atomic E-state index is 0.0545. The highest BCUT2D eigenvalue weighted by Gasteiger charge is 2.22. The predicted octanol–water partition coefficient (Wildman–Crippen LogP) is 2.47. The molecular formula is C19H20FIN6O2. The summed E-state index contributed by atoms with van der Waals surface area (Å²) in [6.07, 6.45) is 2.29. The van der Waals surface area contributed by atoms with Gasteiger partial charge in [0.25, 0.3) is 0 Å². The van der Waals surface area contributed by atoms with Crippen molar-refractivity contribution >= 4 is 39.6 Å². The van der Waals surface area contributed by atoms with Crippen molar-refractivity contribution in [2.24, 2.45) is 5.92 Å². The number of anilines is 1. The maximum Gasteiger partial charge on any atom is 0.312 e. The number of nitrogens with two attached hydrogens (primary N) is 1. The highest BCUT2D eigenvalue weighted by molar-refractivity contribution is 14.1. The average Bonchev–Trinajstić information content (AvgIpc) is 3.29. The van der Waals surface area contributed by atoms with E-state index in [9.17, 15) is 4.39 Å². The first-order valence-electron chi connectivity index (χ1n) is 9.55. The summed E-state index contributed by atoms with van der Waals surface area (Å²) < 4.78 is 27.8. The van der Waals surface area contributed by atoms with E-state index in [4.69, 9.17) is 15.2 Å². The van der Waals surface area contributed by atoms with Crippen LogP contribution in [-0.2, 0) is 13.0 Å². The number of nitrogen functional groups attached to an aromatic ring is 1. The topological polar surface area (TPSA) is 100 Å². The first-order valence-corrected chi connectivity index (χ1v) is 10.6. The van der Waals surface area contributed by atoms with Gasteiger partial charge in [-0.15, -0.1) is 0 Å². The number of hydrogen-bond acceptors (Lipinski definition) is 7. The van der Waals surface area contributed by atoms with Gasteiger partial charge in [-0.25, -0.2) is 4.98 Å². The van der Waals surface area contributed by atoms with E-state index in [0.29, 0.717) is 24.1 Å². The third-order valence-electron chi connectivity index (χ3n) is 5.21. The lowest BCUT2D eigenvalue weighted by atomic mass is 10.1. The van der Waals surface area contributed by atoms with Crippen LogP contribution in [0.4, 0.5) is 10.2 Å². The number of imidazole rings is 1. The predicted molar refractivity (Wildman–Crippen MR) is 113 cm³/mol. The first kappa shape index (κ1) is 18.8. The van der Waals surface area contributed by atoms with Gasteiger partial charge in [0.1, 0.15) is 5.82 Å². The molecular weight excluding hydrogens is 490 g/mol. The fourth-order valence-corrected chi connectivity index (χ4v) is 4.12.